The number of carbonyl (C=O) groups excluding carboxylic acids is 3. The number of urea groups is 1. The molecule has 2 aliphatic heterocycles. The zero-order valence-electron chi connectivity index (χ0n) is 17.0. The van der Waals surface area contributed by atoms with E-state index in [0.717, 1.165) is 35.7 Å². The molecule has 8 heteroatoms. The molecule has 0 bridgehead atoms. The van der Waals surface area contributed by atoms with Crippen LogP contribution in [-0.2, 0) is 9.59 Å². The third kappa shape index (κ3) is 3.52. The summed E-state index contributed by atoms with van der Waals surface area (Å²) < 4.78 is 6.08. The largest absolute Gasteiger partial charge is 0.485 e. The van der Waals surface area contributed by atoms with Crippen LogP contribution < -0.4 is 15.0 Å². The van der Waals surface area contributed by atoms with Crippen LogP contribution in [0.5, 0.6) is 5.75 Å². The molecule has 156 valence electrons. The number of fused-ring (bicyclic) bond motifs is 1. The van der Waals surface area contributed by atoms with Crippen molar-refractivity contribution in [2.45, 2.75) is 44.2 Å². The molecule has 1 saturated heterocycles. The lowest BCUT2D eigenvalue weighted by atomic mass is 9.98. The van der Waals surface area contributed by atoms with Gasteiger partial charge in [-0.25, -0.2) is 4.79 Å². The maximum atomic E-state index is 12.7. The fourth-order valence-corrected chi connectivity index (χ4v) is 4.57. The molecule has 1 saturated carbocycles. The van der Waals surface area contributed by atoms with Gasteiger partial charge in [-0.2, -0.15) is 0 Å². The van der Waals surface area contributed by atoms with E-state index in [-0.39, 0.29) is 24.5 Å². The summed E-state index contributed by atoms with van der Waals surface area (Å²) in [7, 11) is 1.69. The van der Waals surface area contributed by atoms with Crippen molar-refractivity contribution in [2.75, 3.05) is 38.1 Å². The molecule has 1 aliphatic carbocycles. The number of imide groups is 1. The summed E-state index contributed by atoms with van der Waals surface area (Å²) in [5.74, 6) is 0.277. The zero-order chi connectivity index (χ0) is 20.6. The molecular formula is C21H28N4O4. The van der Waals surface area contributed by atoms with Crippen LogP contribution in [0.4, 0.5) is 10.5 Å². The number of rotatable bonds is 5. The smallest absolute Gasteiger partial charge is 0.325 e. The summed E-state index contributed by atoms with van der Waals surface area (Å²) in [6, 6.07) is 7.41. The number of nitrogens with zero attached hydrogens (tertiary/aromatic N) is 3. The van der Waals surface area contributed by atoms with Crippen LogP contribution in [0.1, 0.15) is 32.6 Å². The predicted octanol–water partition coefficient (Wildman–Crippen LogP) is 1.60. The maximum absolute atomic E-state index is 12.7. The summed E-state index contributed by atoms with van der Waals surface area (Å²) in [5, 5.41) is 2.81. The Morgan fingerprint density at radius 2 is 2.00 bits per heavy atom. The van der Waals surface area contributed by atoms with E-state index in [4.69, 9.17) is 4.74 Å². The summed E-state index contributed by atoms with van der Waals surface area (Å²) in [6.45, 7) is 3.77. The molecule has 4 amide bonds. The lowest BCUT2D eigenvalue weighted by Crippen LogP contribution is -2.49. The van der Waals surface area contributed by atoms with Gasteiger partial charge in [0.1, 0.15) is 23.9 Å². The molecule has 4 rings (SSSR count). The average Bonchev–Trinajstić information content (AvgIpc) is 3.27. The molecule has 1 aromatic carbocycles. The van der Waals surface area contributed by atoms with Crippen LogP contribution in [0.3, 0.4) is 0 Å². The summed E-state index contributed by atoms with van der Waals surface area (Å²) in [4.78, 5) is 42.6. The first-order valence-electron chi connectivity index (χ1n) is 10.3. The Morgan fingerprint density at radius 1 is 1.28 bits per heavy atom. The fraction of sp³-hybridized carbons (Fsp3) is 0.571. The second-order valence-corrected chi connectivity index (χ2v) is 8.13. The van der Waals surface area contributed by atoms with Crippen LogP contribution in [0, 0.1) is 0 Å². The third-order valence-electron chi connectivity index (χ3n) is 6.20. The standard InChI is InChI=1S/C21H28N4O4/c1-3-24-13-15(29-17-9-5-4-8-16(17)24)12-23(2)18(26)14-25-19(27)21(22-20(25)28)10-6-7-11-21/h4-5,8-9,15H,3,6-7,10-14H2,1-2H3,(H,22,28)/t15-/m1/s1. The molecule has 8 nitrogen and oxygen atoms in total. The monoisotopic (exact) mass is 400 g/mol. The quantitative estimate of drug-likeness (QED) is 0.759. The number of hydrogen-bond acceptors (Lipinski definition) is 5. The Kier molecular flexibility index (Phi) is 5.10. The lowest BCUT2D eigenvalue weighted by Gasteiger charge is -2.37. The Bertz CT molecular complexity index is 821. The van der Waals surface area contributed by atoms with Gasteiger partial charge in [-0.15, -0.1) is 0 Å². The number of carbonyl (C=O) groups is 3. The summed E-state index contributed by atoms with van der Waals surface area (Å²) in [6.07, 6.45) is 2.97. The molecular weight excluding hydrogens is 372 g/mol. The van der Waals surface area contributed by atoms with Gasteiger partial charge >= 0.3 is 6.03 Å². The van der Waals surface area contributed by atoms with E-state index < -0.39 is 11.6 Å². The van der Waals surface area contributed by atoms with Gasteiger partial charge in [0.15, 0.2) is 0 Å². The van der Waals surface area contributed by atoms with Crippen LogP contribution in [0.2, 0.25) is 0 Å². The second kappa shape index (κ2) is 7.57. The summed E-state index contributed by atoms with van der Waals surface area (Å²) in [5.41, 5.74) is 0.273. The first kappa shape index (κ1) is 19.5. The first-order chi connectivity index (χ1) is 13.9. The van der Waals surface area contributed by atoms with Gasteiger partial charge in [0.2, 0.25) is 5.91 Å². The molecule has 2 fully saturated rings. The molecule has 29 heavy (non-hydrogen) atoms. The van der Waals surface area contributed by atoms with E-state index in [2.05, 4.69) is 17.1 Å². The fourth-order valence-electron chi connectivity index (χ4n) is 4.57. The first-order valence-corrected chi connectivity index (χ1v) is 10.3. The normalized spacial score (nSPS) is 22.5. The van der Waals surface area contributed by atoms with E-state index in [1.807, 2.05) is 24.3 Å². The van der Waals surface area contributed by atoms with E-state index >= 15 is 0 Å². The van der Waals surface area contributed by atoms with Crippen LogP contribution in [0.15, 0.2) is 24.3 Å². The highest BCUT2D eigenvalue weighted by Crippen LogP contribution is 2.35. The van der Waals surface area contributed by atoms with E-state index in [1.54, 1.807) is 11.9 Å². The Balaban J connectivity index is 1.38. The molecule has 1 spiro atoms. The molecule has 1 atom stereocenters. The van der Waals surface area contributed by atoms with Crippen LogP contribution >= 0.6 is 0 Å². The number of ether oxygens (including phenoxy) is 1. The highest BCUT2D eigenvalue weighted by molar-refractivity contribution is 6.09. The third-order valence-corrected chi connectivity index (χ3v) is 6.20. The second-order valence-electron chi connectivity index (χ2n) is 8.13. The molecule has 2 heterocycles. The minimum atomic E-state index is -0.784. The molecule has 0 radical (unpaired) electrons. The minimum absolute atomic E-state index is 0.178. The van der Waals surface area contributed by atoms with Crippen molar-refractivity contribution < 1.29 is 19.1 Å². The van der Waals surface area contributed by atoms with Crippen molar-refractivity contribution in [1.29, 1.82) is 0 Å². The van der Waals surface area contributed by atoms with Crippen molar-refractivity contribution in [2.24, 2.45) is 0 Å². The van der Waals surface area contributed by atoms with Crippen molar-refractivity contribution in [1.82, 2.24) is 15.1 Å². The number of likely N-dealkylation sites (N-methyl/N-ethyl adjacent to an activating group) is 2. The van der Waals surface area contributed by atoms with Gasteiger partial charge < -0.3 is 19.9 Å². The van der Waals surface area contributed by atoms with Gasteiger partial charge in [-0.1, -0.05) is 25.0 Å². The van der Waals surface area contributed by atoms with Crippen molar-refractivity contribution in [3.63, 3.8) is 0 Å². The van der Waals surface area contributed by atoms with Gasteiger partial charge in [-0.3, -0.25) is 14.5 Å². The molecule has 3 aliphatic rings. The van der Waals surface area contributed by atoms with Crippen molar-refractivity contribution in [3.05, 3.63) is 24.3 Å². The highest BCUT2D eigenvalue weighted by atomic mass is 16.5. The maximum Gasteiger partial charge on any atom is 0.325 e. The number of para-hydroxylation sites is 2. The number of hydrogen-bond donors (Lipinski definition) is 1. The SMILES string of the molecule is CCN1C[C@@H](CN(C)C(=O)CN2C(=O)NC3(CCCC3)C2=O)Oc2ccccc21. The lowest BCUT2D eigenvalue weighted by molar-refractivity contribution is -0.138. The van der Waals surface area contributed by atoms with Crippen LogP contribution in [0.25, 0.3) is 0 Å². The number of nitrogens with one attached hydrogen (secondary N) is 1. The van der Waals surface area contributed by atoms with Crippen molar-refractivity contribution in [3.8, 4) is 5.75 Å². The van der Waals surface area contributed by atoms with Crippen LogP contribution in [-0.4, -0.2) is 72.5 Å². The van der Waals surface area contributed by atoms with Gasteiger partial charge in [-0.05, 0) is 31.9 Å². The number of anilines is 1. The van der Waals surface area contributed by atoms with E-state index in [0.29, 0.717) is 25.9 Å². The average molecular weight is 400 g/mol. The van der Waals surface area contributed by atoms with Crippen molar-refractivity contribution >= 4 is 23.5 Å². The highest BCUT2D eigenvalue weighted by Gasteiger charge is 2.52. The van der Waals surface area contributed by atoms with E-state index in [9.17, 15) is 14.4 Å². The molecule has 1 N–H and O–H groups in total. The topological polar surface area (TPSA) is 82.2 Å². The molecule has 0 unspecified atom stereocenters. The number of amides is 4. The Morgan fingerprint density at radius 3 is 2.72 bits per heavy atom. The zero-order valence-corrected chi connectivity index (χ0v) is 17.0. The van der Waals surface area contributed by atoms with Gasteiger partial charge in [0.25, 0.3) is 5.91 Å². The molecule has 1 aromatic rings. The Hall–Kier alpha value is -2.77. The number of benzene rings is 1. The summed E-state index contributed by atoms with van der Waals surface area (Å²) >= 11 is 0. The molecule has 0 aromatic heterocycles. The predicted molar refractivity (Wildman–Crippen MR) is 108 cm³/mol. The van der Waals surface area contributed by atoms with E-state index in [1.165, 1.54) is 0 Å². The van der Waals surface area contributed by atoms with Gasteiger partial charge in [0, 0.05) is 13.6 Å². The minimum Gasteiger partial charge on any atom is -0.485 e. The Labute approximate surface area is 170 Å². The van der Waals surface area contributed by atoms with Gasteiger partial charge in [0.05, 0.1) is 18.8 Å².